The van der Waals surface area contributed by atoms with Crippen molar-refractivity contribution in [3.8, 4) is 6.19 Å². The molecule has 0 spiro atoms. The SMILES string of the molecule is N#CN.O=P(O)(O)O.[H-].[Na+]. The Kier molecular flexibility index (Phi) is 15.1. The fourth-order valence-electron chi connectivity index (χ4n) is 0. The molecule has 0 rings (SSSR count). The second-order valence-corrected chi connectivity index (χ2v) is 1.67. The van der Waals surface area contributed by atoms with Crippen LogP contribution in [0.3, 0.4) is 0 Å². The summed E-state index contributed by atoms with van der Waals surface area (Å²) in [7, 11) is -4.64. The Morgan fingerprint density at radius 1 is 1.56 bits per heavy atom. The molecule has 0 amide bonds. The van der Waals surface area contributed by atoms with Crippen LogP contribution in [-0.4, -0.2) is 14.7 Å². The topological polar surface area (TPSA) is 128 Å². The molecule has 0 saturated heterocycles. The molecule has 0 atom stereocenters. The average molecular weight is 164 g/mol. The molecule has 0 bridgehead atoms. The van der Waals surface area contributed by atoms with Gasteiger partial charge in [-0.05, 0) is 0 Å². The molecule has 0 saturated carbocycles. The number of nitrogens with two attached hydrogens (primary N) is 1. The Morgan fingerprint density at radius 2 is 1.56 bits per heavy atom. The molecule has 0 radical (unpaired) electrons. The van der Waals surface area contributed by atoms with Gasteiger partial charge in [-0.2, -0.15) is 5.26 Å². The van der Waals surface area contributed by atoms with Gasteiger partial charge in [0.2, 0.25) is 0 Å². The Morgan fingerprint density at radius 3 is 1.56 bits per heavy atom. The second-order valence-electron chi connectivity index (χ2n) is 0.642. The van der Waals surface area contributed by atoms with Gasteiger partial charge < -0.3 is 21.8 Å². The van der Waals surface area contributed by atoms with Gasteiger partial charge in [0.25, 0.3) is 0 Å². The first kappa shape index (κ1) is 16.2. The van der Waals surface area contributed by atoms with Crippen LogP contribution in [-0.2, 0) is 4.57 Å². The normalized spacial score (nSPS) is 7.33. The van der Waals surface area contributed by atoms with E-state index in [9.17, 15) is 0 Å². The molecule has 50 valence electrons. The van der Waals surface area contributed by atoms with Crippen molar-refractivity contribution in [1.29, 1.82) is 5.26 Å². The molecule has 0 aromatic carbocycles. The summed E-state index contributed by atoms with van der Waals surface area (Å²) in [5.74, 6) is 0. The molecular formula is CH6N2NaO4P. The molecule has 6 nitrogen and oxygen atoms in total. The Balaban J connectivity index is -0.0000000326. The van der Waals surface area contributed by atoms with Gasteiger partial charge in [0.05, 0.1) is 0 Å². The fourth-order valence-corrected chi connectivity index (χ4v) is 0. The molecular weight excluding hydrogens is 158 g/mol. The predicted octanol–water partition coefficient (Wildman–Crippen LogP) is -4.39. The van der Waals surface area contributed by atoms with Gasteiger partial charge in [-0.1, -0.05) is 0 Å². The third-order valence-electron chi connectivity index (χ3n) is 0. The van der Waals surface area contributed by atoms with Crippen molar-refractivity contribution in [3.05, 3.63) is 0 Å². The van der Waals surface area contributed by atoms with Crippen molar-refractivity contribution in [2.75, 3.05) is 0 Å². The summed E-state index contributed by atoms with van der Waals surface area (Å²) in [6, 6.07) is 0. The molecule has 0 aromatic heterocycles. The fraction of sp³-hybridized carbons (Fsp3) is 0. The summed E-state index contributed by atoms with van der Waals surface area (Å²) >= 11 is 0. The first-order valence-electron chi connectivity index (χ1n) is 1.29. The van der Waals surface area contributed by atoms with Crippen LogP contribution in [0.4, 0.5) is 0 Å². The van der Waals surface area contributed by atoms with Crippen molar-refractivity contribution in [2.45, 2.75) is 0 Å². The minimum atomic E-state index is -4.64. The molecule has 0 fully saturated rings. The number of nitrogens with zero attached hydrogens (tertiary/aromatic N) is 1. The summed E-state index contributed by atoms with van der Waals surface area (Å²) in [6.45, 7) is 0. The first-order valence-corrected chi connectivity index (χ1v) is 2.86. The minimum Gasteiger partial charge on any atom is -1.00 e. The van der Waals surface area contributed by atoms with Crippen molar-refractivity contribution in [1.82, 2.24) is 0 Å². The van der Waals surface area contributed by atoms with Crippen molar-refractivity contribution >= 4 is 7.82 Å². The van der Waals surface area contributed by atoms with Crippen molar-refractivity contribution in [2.24, 2.45) is 5.73 Å². The van der Waals surface area contributed by atoms with Gasteiger partial charge in [0, 0.05) is 0 Å². The van der Waals surface area contributed by atoms with Crippen LogP contribution in [0.1, 0.15) is 1.43 Å². The Hall–Kier alpha value is 0.400. The predicted molar refractivity (Wildman–Crippen MR) is 25.2 cm³/mol. The van der Waals surface area contributed by atoms with Crippen molar-refractivity contribution < 1.29 is 50.2 Å². The van der Waals surface area contributed by atoms with Crippen LogP contribution in [0.2, 0.25) is 0 Å². The summed E-state index contributed by atoms with van der Waals surface area (Å²) in [4.78, 5) is 21.6. The zero-order chi connectivity index (χ0) is 7.21. The summed E-state index contributed by atoms with van der Waals surface area (Å²) in [5.41, 5.74) is 4.15. The molecule has 0 aliphatic heterocycles. The maximum Gasteiger partial charge on any atom is 1.00 e. The smallest absolute Gasteiger partial charge is 1.00 e. The minimum absolute atomic E-state index is 0. The van der Waals surface area contributed by atoms with Crippen LogP contribution < -0.4 is 35.3 Å². The van der Waals surface area contributed by atoms with E-state index >= 15 is 0 Å². The maximum absolute atomic E-state index is 8.88. The van der Waals surface area contributed by atoms with E-state index < -0.39 is 7.82 Å². The third-order valence-corrected chi connectivity index (χ3v) is 0. The van der Waals surface area contributed by atoms with Gasteiger partial charge in [0.15, 0.2) is 6.19 Å². The molecule has 0 unspecified atom stereocenters. The average Bonchev–Trinajstić information content (AvgIpc) is 1.27. The molecule has 8 heteroatoms. The third kappa shape index (κ3) is 2150. The van der Waals surface area contributed by atoms with E-state index in [1.807, 2.05) is 0 Å². The van der Waals surface area contributed by atoms with Gasteiger partial charge in [-0.3, -0.25) is 0 Å². The Labute approximate surface area is 75.3 Å². The first-order chi connectivity index (χ1) is 3.41. The number of rotatable bonds is 0. The van der Waals surface area contributed by atoms with Crippen LogP contribution in [0.15, 0.2) is 0 Å². The Bertz CT molecular complexity index is 121. The van der Waals surface area contributed by atoms with Gasteiger partial charge >= 0.3 is 37.4 Å². The maximum atomic E-state index is 8.88. The molecule has 0 aliphatic carbocycles. The molecule has 9 heavy (non-hydrogen) atoms. The van der Waals surface area contributed by atoms with Crippen LogP contribution in [0.5, 0.6) is 0 Å². The molecule has 0 heterocycles. The summed E-state index contributed by atoms with van der Waals surface area (Å²) in [6.07, 6.45) is 1.25. The van der Waals surface area contributed by atoms with Gasteiger partial charge in [-0.25, -0.2) is 4.57 Å². The quantitative estimate of drug-likeness (QED) is 0.124. The number of phosphoric acid groups is 1. The standard InChI is InChI=1S/CH2N2.Na.H3O4P.H/c2-1-3;;1-5(2,3)4;/h2H2;;(H3,1,2,3,4);/q;+1;;-1. The molecule has 0 aromatic rings. The zero-order valence-electron chi connectivity index (χ0n) is 5.72. The molecule has 0 aliphatic rings. The van der Waals surface area contributed by atoms with E-state index in [0.717, 1.165) is 0 Å². The van der Waals surface area contributed by atoms with E-state index in [1.54, 1.807) is 0 Å². The van der Waals surface area contributed by atoms with E-state index in [0.29, 0.717) is 0 Å². The van der Waals surface area contributed by atoms with E-state index in [2.05, 4.69) is 5.73 Å². The van der Waals surface area contributed by atoms with Crippen LogP contribution >= 0.6 is 7.82 Å². The van der Waals surface area contributed by atoms with Gasteiger partial charge in [0.1, 0.15) is 0 Å². The largest absolute Gasteiger partial charge is 1.00 e. The van der Waals surface area contributed by atoms with Gasteiger partial charge in [-0.15, -0.1) is 0 Å². The van der Waals surface area contributed by atoms with Crippen LogP contribution in [0, 0.1) is 11.5 Å². The van der Waals surface area contributed by atoms with Crippen LogP contribution in [0.25, 0.3) is 0 Å². The van der Waals surface area contributed by atoms with Crippen molar-refractivity contribution in [3.63, 3.8) is 0 Å². The number of hydrogen-bond acceptors (Lipinski definition) is 3. The molecule has 5 N–H and O–H groups in total. The monoisotopic (exact) mass is 164 g/mol. The summed E-state index contributed by atoms with van der Waals surface area (Å²) in [5, 5.41) is 7.10. The van der Waals surface area contributed by atoms with E-state index in [1.165, 1.54) is 6.19 Å². The summed E-state index contributed by atoms with van der Waals surface area (Å²) < 4.78 is 8.88. The number of nitriles is 1. The second kappa shape index (κ2) is 8.40. The zero-order valence-corrected chi connectivity index (χ0v) is 7.62. The van der Waals surface area contributed by atoms with E-state index in [-0.39, 0.29) is 31.0 Å². The van der Waals surface area contributed by atoms with E-state index in [4.69, 9.17) is 24.5 Å². The number of hydrogen-bond donors (Lipinski definition) is 4.